The Bertz CT molecular complexity index is 528. The largest absolute Gasteiger partial charge is 0.393 e. The van der Waals surface area contributed by atoms with Crippen molar-refractivity contribution < 1.29 is 9.90 Å². The Kier molecular flexibility index (Phi) is 4.33. The molecule has 1 saturated carbocycles. The molecule has 22 heavy (non-hydrogen) atoms. The average molecular weight is 302 g/mol. The second-order valence-corrected chi connectivity index (χ2v) is 7.73. The van der Waals surface area contributed by atoms with E-state index >= 15 is 0 Å². The van der Waals surface area contributed by atoms with Crippen molar-refractivity contribution in [3.63, 3.8) is 0 Å². The van der Waals surface area contributed by atoms with Crippen LogP contribution in [0, 0.1) is 17.3 Å². The topological polar surface area (TPSA) is 37.3 Å². The SMILES string of the molecule is CCC(O)[C@@]1(C)CCC2=C3CCC(=O)C=C3CC[C@H]2[C@@H]1CC. The third kappa shape index (κ3) is 2.40. The summed E-state index contributed by atoms with van der Waals surface area (Å²) in [5.74, 6) is 1.52. The maximum Gasteiger partial charge on any atom is 0.156 e. The van der Waals surface area contributed by atoms with Gasteiger partial charge in [0.2, 0.25) is 0 Å². The second-order valence-electron chi connectivity index (χ2n) is 7.73. The van der Waals surface area contributed by atoms with Crippen molar-refractivity contribution in [2.45, 2.75) is 78.2 Å². The van der Waals surface area contributed by atoms with Crippen LogP contribution < -0.4 is 0 Å². The maximum absolute atomic E-state index is 11.7. The molecule has 0 aromatic heterocycles. The number of carbonyl (C=O) groups is 1. The average Bonchev–Trinajstić information content (AvgIpc) is 2.53. The van der Waals surface area contributed by atoms with Gasteiger partial charge in [-0.3, -0.25) is 4.79 Å². The normalized spacial score (nSPS) is 36.5. The number of hydrogen-bond donors (Lipinski definition) is 1. The Balaban J connectivity index is 1.98. The standard InChI is InChI=1S/C20H30O2/c1-4-18-17-8-6-13-12-14(21)7-9-15(13)16(17)10-11-20(18,3)19(22)5-2/h12,17-19,22H,4-11H2,1-3H3/t17-,18+,19?,20+/m1/s1. The summed E-state index contributed by atoms with van der Waals surface area (Å²) in [5, 5.41) is 10.6. The highest BCUT2D eigenvalue weighted by Gasteiger charge is 2.48. The van der Waals surface area contributed by atoms with Crippen molar-refractivity contribution in [2.24, 2.45) is 17.3 Å². The van der Waals surface area contributed by atoms with Crippen molar-refractivity contribution in [1.82, 2.24) is 0 Å². The summed E-state index contributed by atoms with van der Waals surface area (Å²) in [6.07, 6.45) is 9.82. The molecular formula is C20H30O2. The molecule has 0 saturated heterocycles. The van der Waals surface area contributed by atoms with Crippen molar-refractivity contribution in [2.75, 3.05) is 0 Å². The molecule has 1 fully saturated rings. The summed E-state index contributed by atoms with van der Waals surface area (Å²) in [4.78, 5) is 11.7. The van der Waals surface area contributed by atoms with Gasteiger partial charge in [-0.1, -0.05) is 32.8 Å². The molecule has 0 aromatic carbocycles. The fraction of sp³-hybridized carbons (Fsp3) is 0.750. The van der Waals surface area contributed by atoms with Crippen LogP contribution in [-0.2, 0) is 4.79 Å². The molecule has 0 spiro atoms. The lowest BCUT2D eigenvalue weighted by atomic mass is 9.54. The first-order chi connectivity index (χ1) is 10.5. The van der Waals surface area contributed by atoms with Crippen LogP contribution in [0.25, 0.3) is 0 Å². The van der Waals surface area contributed by atoms with Gasteiger partial charge in [0, 0.05) is 6.42 Å². The van der Waals surface area contributed by atoms with Gasteiger partial charge in [0.05, 0.1) is 6.10 Å². The Hall–Kier alpha value is -0.890. The molecule has 0 amide bonds. The number of rotatable bonds is 3. The van der Waals surface area contributed by atoms with E-state index in [4.69, 9.17) is 0 Å². The lowest BCUT2D eigenvalue weighted by Gasteiger charge is -2.52. The van der Waals surface area contributed by atoms with E-state index < -0.39 is 0 Å². The third-order valence-corrected chi connectivity index (χ3v) is 6.76. The number of hydrogen-bond acceptors (Lipinski definition) is 2. The monoisotopic (exact) mass is 302 g/mol. The number of allylic oxidation sites excluding steroid dienone is 4. The minimum atomic E-state index is -0.186. The Morgan fingerprint density at radius 1 is 1.27 bits per heavy atom. The molecule has 3 rings (SSSR count). The van der Waals surface area contributed by atoms with Crippen LogP contribution in [0.4, 0.5) is 0 Å². The van der Waals surface area contributed by atoms with E-state index in [-0.39, 0.29) is 11.5 Å². The molecule has 4 atom stereocenters. The van der Waals surface area contributed by atoms with Crippen LogP contribution in [-0.4, -0.2) is 17.0 Å². The van der Waals surface area contributed by atoms with E-state index in [9.17, 15) is 9.90 Å². The van der Waals surface area contributed by atoms with Gasteiger partial charge < -0.3 is 5.11 Å². The quantitative estimate of drug-likeness (QED) is 0.828. The Morgan fingerprint density at radius 3 is 2.73 bits per heavy atom. The summed E-state index contributed by atoms with van der Waals surface area (Å²) < 4.78 is 0. The molecule has 0 radical (unpaired) electrons. The maximum atomic E-state index is 11.7. The predicted molar refractivity (Wildman–Crippen MR) is 89.5 cm³/mol. The fourth-order valence-corrected chi connectivity index (χ4v) is 5.52. The van der Waals surface area contributed by atoms with Gasteiger partial charge in [-0.25, -0.2) is 0 Å². The van der Waals surface area contributed by atoms with Crippen LogP contribution in [0.2, 0.25) is 0 Å². The van der Waals surface area contributed by atoms with Crippen molar-refractivity contribution in [3.8, 4) is 0 Å². The number of ketones is 1. The summed E-state index contributed by atoms with van der Waals surface area (Å²) in [7, 11) is 0. The zero-order valence-corrected chi connectivity index (χ0v) is 14.3. The fourth-order valence-electron chi connectivity index (χ4n) is 5.52. The van der Waals surface area contributed by atoms with E-state index in [1.165, 1.54) is 17.6 Å². The number of aliphatic hydroxyl groups is 1. The Morgan fingerprint density at radius 2 is 2.05 bits per heavy atom. The summed E-state index contributed by atoms with van der Waals surface area (Å²) in [6, 6.07) is 0. The minimum Gasteiger partial charge on any atom is -0.393 e. The minimum absolute atomic E-state index is 0.0595. The summed E-state index contributed by atoms with van der Waals surface area (Å²) in [5.41, 5.74) is 4.54. The van der Waals surface area contributed by atoms with Gasteiger partial charge >= 0.3 is 0 Å². The smallest absolute Gasteiger partial charge is 0.156 e. The molecular weight excluding hydrogens is 272 g/mol. The number of fused-ring (bicyclic) bond motifs is 2. The lowest BCUT2D eigenvalue weighted by Crippen LogP contribution is -2.46. The van der Waals surface area contributed by atoms with E-state index in [0.29, 0.717) is 24.0 Å². The lowest BCUT2D eigenvalue weighted by molar-refractivity contribution is -0.114. The first-order valence-corrected chi connectivity index (χ1v) is 9.15. The van der Waals surface area contributed by atoms with Gasteiger partial charge in [-0.05, 0) is 73.0 Å². The van der Waals surface area contributed by atoms with Gasteiger partial charge in [-0.15, -0.1) is 0 Å². The van der Waals surface area contributed by atoms with E-state index in [0.717, 1.165) is 38.5 Å². The molecule has 1 N–H and O–H groups in total. The molecule has 0 aromatic rings. The van der Waals surface area contributed by atoms with Gasteiger partial charge in [0.25, 0.3) is 0 Å². The number of aliphatic hydroxyl groups excluding tert-OH is 1. The molecule has 2 heteroatoms. The molecule has 2 nitrogen and oxygen atoms in total. The molecule has 122 valence electrons. The predicted octanol–water partition coefficient (Wildman–Crippen LogP) is 4.58. The highest BCUT2D eigenvalue weighted by Crippen LogP contribution is 2.56. The zero-order chi connectivity index (χ0) is 15.9. The third-order valence-electron chi connectivity index (χ3n) is 6.76. The number of carbonyl (C=O) groups excluding carboxylic acids is 1. The second kappa shape index (κ2) is 5.96. The first-order valence-electron chi connectivity index (χ1n) is 9.15. The highest BCUT2D eigenvalue weighted by atomic mass is 16.3. The van der Waals surface area contributed by atoms with Crippen LogP contribution in [0.1, 0.15) is 72.1 Å². The molecule has 3 aliphatic carbocycles. The molecule has 0 bridgehead atoms. The first kappa shape index (κ1) is 16.0. The molecule has 0 aliphatic heterocycles. The summed E-state index contributed by atoms with van der Waals surface area (Å²) in [6.45, 7) is 6.70. The van der Waals surface area contributed by atoms with E-state index in [2.05, 4.69) is 20.8 Å². The van der Waals surface area contributed by atoms with Crippen molar-refractivity contribution in [1.29, 1.82) is 0 Å². The summed E-state index contributed by atoms with van der Waals surface area (Å²) >= 11 is 0. The molecule has 0 heterocycles. The molecule has 3 aliphatic rings. The zero-order valence-electron chi connectivity index (χ0n) is 14.3. The van der Waals surface area contributed by atoms with Gasteiger partial charge in [-0.2, -0.15) is 0 Å². The van der Waals surface area contributed by atoms with E-state index in [1.807, 2.05) is 6.08 Å². The van der Waals surface area contributed by atoms with Crippen LogP contribution in [0.3, 0.4) is 0 Å². The highest BCUT2D eigenvalue weighted by molar-refractivity contribution is 5.93. The van der Waals surface area contributed by atoms with Crippen LogP contribution >= 0.6 is 0 Å². The van der Waals surface area contributed by atoms with Gasteiger partial charge in [0.15, 0.2) is 5.78 Å². The van der Waals surface area contributed by atoms with Gasteiger partial charge in [0.1, 0.15) is 0 Å². The van der Waals surface area contributed by atoms with E-state index in [1.54, 1.807) is 5.57 Å². The van der Waals surface area contributed by atoms with Crippen molar-refractivity contribution in [3.05, 3.63) is 22.8 Å². The van der Waals surface area contributed by atoms with Crippen LogP contribution in [0.15, 0.2) is 22.8 Å². The van der Waals surface area contributed by atoms with Crippen molar-refractivity contribution >= 4 is 5.78 Å². The molecule has 1 unspecified atom stereocenters. The van der Waals surface area contributed by atoms with Crippen LogP contribution in [0.5, 0.6) is 0 Å². The Labute approximate surface area is 134 Å².